The number of anilines is 1. The molecule has 0 saturated heterocycles. The lowest BCUT2D eigenvalue weighted by Gasteiger charge is -2.09. The summed E-state index contributed by atoms with van der Waals surface area (Å²) < 4.78 is 2.32. The van der Waals surface area contributed by atoms with E-state index in [2.05, 4.69) is 42.1 Å². The van der Waals surface area contributed by atoms with Gasteiger partial charge in [-0.1, -0.05) is 6.07 Å². The predicted molar refractivity (Wildman–Crippen MR) is 76.6 cm³/mol. The van der Waals surface area contributed by atoms with E-state index in [9.17, 15) is 0 Å². The van der Waals surface area contributed by atoms with Crippen LogP contribution in [-0.2, 0) is 6.54 Å². The standard InChI is InChI=1S/C15H21N3/c1-10(2)18-9-11(8-17-13-4-5-13)14-6-3-12(16)7-15(14)18/h3,6-7,9-10,13,17H,4-5,8,16H2,1-2H3. The van der Waals surface area contributed by atoms with Gasteiger partial charge in [0, 0.05) is 35.9 Å². The lowest BCUT2D eigenvalue weighted by atomic mass is 10.1. The van der Waals surface area contributed by atoms with E-state index in [-0.39, 0.29) is 0 Å². The number of nitrogen functional groups attached to an aromatic ring is 1. The van der Waals surface area contributed by atoms with Crippen LogP contribution in [0.5, 0.6) is 0 Å². The van der Waals surface area contributed by atoms with Gasteiger partial charge < -0.3 is 15.6 Å². The summed E-state index contributed by atoms with van der Waals surface area (Å²) in [4.78, 5) is 0. The number of hydrogen-bond acceptors (Lipinski definition) is 2. The molecule has 0 atom stereocenters. The topological polar surface area (TPSA) is 43.0 Å². The minimum Gasteiger partial charge on any atom is -0.399 e. The van der Waals surface area contributed by atoms with Crippen LogP contribution in [0.3, 0.4) is 0 Å². The SMILES string of the molecule is CC(C)n1cc(CNC2CC2)c2ccc(N)cc21. The monoisotopic (exact) mass is 243 g/mol. The molecule has 0 bridgehead atoms. The number of fused-ring (bicyclic) bond motifs is 1. The van der Waals surface area contributed by atoms with Crippen molar-refractivity contribution in [2.45, 2.75) is 45.3 Å². The second-order valence-corrected chi connectivity index (χ2v) is 5.59. The molecule has 18 heavy (non-hydrogen) atoms. The zero-order valence-electron chi connectivity index (χ0n) is 11.1. The molecule has 3 nitrogen and oxygen atoms in total. The lowest BCUT2D eigenvalue weighted by Crippen LogP contribution is -2.15. The molecule has 1 aromatic carbocycles. The van der Waals surface area contributed by atoms with E-state index in [1.165, 1.54) is 29.3 Å². The van der Waals surface area contributed by atoms with Gasteiger partial charge >= 0.3 is 0 Å². The largest absolute Gasteiger partial charge is 0.399 e. The Hall–Kier alpha value is -1.48. The van der Waals surface area contributed by atoms with Crippen molar-refractivity contribution in [1.82, 2.24) is 9.88 Å². The van der Waals surface area contributed by atoms with Gasteiger partial charge in [-0.15, -0.1) is 0 Å². The number of nitrogens with two attached hydrogens (primary N) is 1. The molecule has 0 spiro atoms. The maximum Gasteiger partial charge on any atom is 0.0506 e. The maximum atomic E-state index is 5.91. The zero-order valence-corrected chi connectivity index (χ0v) is 11.1. The number of rotatable bonds is 4. The first kappa shape index (κ1) is 11.6. The molecule has 0 amide bonds. The smallest absolute Gasteiger partial charge is 0.0506 e. The first-order chi connectivity index (χ1) is 8.65. The summed E-state index contributed by atoms with van der Waals surface area (Å²) in [7, 11) is 0. The van der Waals surface area contributed by atoms with Gasteiger partial charge in [0.25, 0.3) is 0 Å². The Balaban J connectivity index is 2.01. The first-order valence-corrected chi connectivity index (χ1v) is 6.77. The molecule has 0 radical (unpaired) electrons. The zero-order chi connectivity index (χ0) is 12.7. The highest BCUT2D eigenvalue weighted by molar-refractivity contribution is 5.86. The minimum absolute atomic E-state index is 0.462. The molecule has 0 aliphatic heterocycles. The van der Waals surface area contributed by atoms with Crippen LogP contribution in [0, 0.1) is 0 Å². The van der Waals surface area contributed by atoms with E-state index in [1.807, 2.05) is 6.07 Å². The van der Waals surface area contributed by atoms with Crippen molar-refractivity contribution in [2.24, 2.45) is 0 Å². The molecule has 1 fully saturated rings. The predicted octanol–water partition coefficient (Wildman–Crippen LogP) is 3.06. The van der Waals surface area contributed by atoms with E-state index >= 15 is 0 Å². The molecule has 1 aromatic heterocycles. The Morgan fingerprint density at radius 3 is 2.83 bits per heavy atom. The Kier molecular flexibility index (Phi) is 2.78. The van der Waals surface area contributed by atoms with Gasteiger partial charge in [0.15, 0.2) is 0 Å². The van der Waals surface area contributed by atoms with Crippen molar-refractivity contribution in [3.05, 3.63) is 30.0 Å². The lowest BCUT2D eigenvalue weighted by molar-refractivity contribution is 0.616. The van der Waals surface area contributed by atoms with Crippen molar-refractivity contribution >= 4 is 16.6 Å². The van der Waals surface area contributed by atoms with Crippen LogP contribution in [0.1, 0.15) is 38.3 Å². The first-order valence-electron chi connectivity index (χ1n) is 6.77. The third-order valence-corrected chi connectivity index (χ3v) is 3.66. The van der Waals surface area contributed by atoms with Crippen LogP contribution in [0.2, 0.25) is 0 Å². The molecular formula is C15H21N3. The van der Waals surface area contributed by atoms with Crippen LogP contribution in [0.25, 0.3) is 10.9 Å². The van der Waals surface area contributed by atoms with Crippen molar-refractivity contribution in [3.8, 4) is 0 Å². The molecule has 3 rings (SSSR count). The van der Waals surface area contributed by atoms with Gasteiger partial charge in [0.1, 0.15) is 0 Å². The highest BCUT2D eigenvalue weighted by Gasteiger charge is 2.21. The number of nitrogens with one attached hydrogen (secondary N) is 1. The van der Waals surface area contributed by atoms with Gasteiger partial charge in [-0.05, 0) is 44.4 Å². The molecular weight excluding hydrogens is 222 g/mol. The summed E-state index contributed by atoms with van der Waals surface area (Å²) in [6, 6.07) is 7.43. The third kappa shape index (κ3) is 2.10. The highest BCUT2D eigenvalue weighted by atomic mass is 15.0. The molecule has 1 saturated carbocycles. The Bertz CT molecular complexity index is 564. The second-order valence-electron chi connectivity index (χ2n) is 5.59. The summed E-state index contributed by atoms with van der Waals surface area (Å²) in [5, 5.41) is 4.91. The second kappa shape index (κ2) is 4.32. The van der Waals surface area contributed by atoms with Gasteiger partial charge in [-0.2, -0.15) is 0 Å². The number of aromatic nitrogens is 1. The van der Waals surface area contributed by atoms with Gasteiger partial charge in [-0.3, -0.25) is 0 Å². The molecule has 1 heterocycles. The molecule has 1 aliphatic rings. The van der Waals surface area contributed by atoms with E-state index in [4.69, 9.17) is 5.73 Å². The quantitative estimate of drug-likeness (QED) is 0.810. The van der Waals surface area contributed by atoms with Gasteiger partial charge in [0.05, 0.1) is 5.52 Å². The Morgan fingerprint density at radius 1 is 1.39 bits per heavy atom. The minimum atomic E-state index is 0.462. The van der Waals surface area contributed by atoms with E-state index in [0.29, 0.717) is 6.04 Å². The fourth-order valence-electron chi connectivity index (χ4n) is 2.45. The number of benzene rings is 1. The fourth-order valence-corrected chi connectivity index (χ4v) is 2.45. The van der Waals surface area contributed by atoms with Crippen LogP contribution < -0.4 is 11.1 Å². The van der Waals surface area contributed by atoms with Crippen LogP contribution in [0.15, 0.2) is 24.4 Å². The molecule has 3 heteroatoms. The summed E-state index contributed by atoms with van der Waals surface area (Å²) in [6.45, 7) is 5.38. The number of hydrogen-bond donors (Lipinski definition) is 2. The van der Waals surface area contributed by atoms with Gasteiger partial charge in [0.2, 0.25) is 0 Å². The van der Waals surface area contributed by atoms with Crippen LogP contribution in [-0.4, -0.2) is 10.6 Å². The van der Waals surface area contributed by atoms with Crippen molar-refractivity contribution in [2.75, 3.05) is 5.73 Å². The molecule has 2 aromatic rings. The number of nitrogens with zero attached hydrogens (tertiary/aromatic N) is 1. The Labute approximate surface area is 108 Å². The summed E-state index contributed by atoms with van der Waals surface area (Å²) in [5.74, 6) is 0. The van der Waals surface area contributed by atoms with Crippen LogP contribution in [0.4, 0.5) is 5.69 Å². The summed E-state index contributed by atoms with van der Waals surface area (Å²) >= 11 is 0. The average molecular weight is 243 g/mol. The fraction of sp³-hybridized carbons (Fsp3) is 0.467. The average Bonchev–Trinajstić information content (AvgIpc) is 3.08. The molecule has 96 valence electrons. The van der Waals surface area contributed by atoms with Crippen molar-refractivity contribution < 1.29 is 0 Å². The highest BCUT2D eigenvalue weighted by Crippen LogP contribution is 2.27. The van der Waals surface area contributed by atoms with E-state index < -0.39 is 0 Å². The van der Waals surface area contributed by atoms with E-state index in [0.717, 1.165) is 18.3 Å². The van der Waals surface area contributed by atoms with E-state index in [1.54, 1.807) is 0 Å². The Morgan fingerprint density at radius 2 is 2.17 bits per heavy atom. The summed E-state index contributed by atoms with van der Waals surface area (Å²) in [6.07, 6.45) is 4.93. The summed E-state index contributed by atoms with van der Waals surface area (Å²) in [5.41, 5.74) is 9.37. The third-order valence-electron chi connectivity index (χ3n) is 3.66. The maximum absolute atomic E-state index is 5.91. The van der Waals surface area contributed by atoms with Gasteiger partial charge in [-0.25, -0.2) is 0 Å². The van der Waals surface area contributed by atoms with Crippen molar-refractivity contribution in [3.63, 3.8) is 0 Å². The van der Waals surface area contributed by atoms with Crippen molar-refractivity contribution in [1.29, 1.82) is 0 Å². The molecule has 0 unspecified atom stereocenters. The normalized spacial score (nSPS) is 15.7. The molecule has 3 N–H and O–H groups in total. The molecule has 1 aliphatic carbocycles. The van der Waals surface area contributed by atoms with Crippen LogP contribution >= 0.6 is 0 Å².